The summed E-state index contributed by atoms with van der Waals surface area (Å²) >= 11 is 0. The number of rotatable bonds is 21. The highest BCUT2D eigenvalue weighted by Crippen LogP contribution is 2.26. The Morgan fingerprint density at radius 2 is 1.39 bits per heavy atom. The lowest BCUT2D eigenvalue weighted by Crippen LogP contribution is -2.61. The molecule has 410 valence electrons. The average molecular weight is 1080 g/mol. The van der Waals surface area contributed by atoms with Gasteiger partial charge < -0.3 is 75.5 Å². The van der Waals surface area contributed by atoms with E-state index in [1.54, 1.807) is 51.1 Å². The third kappa shape index (κ3) is 20.4. The number of nitrogens with one attached hydrogen (secondary N) is 8. The summed E-state index contributed by atoms with van der Waals surface area (Å²) < 4.78 is 0. The van der Waals surface area contributed by atoms with Crippen LogP contribution in [0.25, 0.3) is 0 Å². The van der Waals surface area contributed by atoms with Gasteiger partial charge in [0.25, 0.3) is 0 Å². The maximum absolute atomic E-state index is 14.6. The van der Waals surface area contributed by atoms with Crippen molar-refractivity contribution in [1.29, 1.82) is 0 Å². The molecule has 0 aromatic heterocycles. The van der Waals surface area contributed by atoms with Gasteiger partial charge in [-0.05, 0) is 50.0 Å². The predicted molar refractivity (Wildman–Crippen MR) is 272 cm³/mol. The van der Waals surface area contributed by atoms with E-state index in [0.29, 0.717) is 18.4 Å². The molecule has 28 heteroatoms. The van der Waals surface area contributed by atoms with E-state index in [9.17, 15) is 62.6 Å². The lowest BCUT2D eigenvalue weighted by Gasteiger charge is -2.31. The fourth-order valence-corrected chi connectivity index (χ4v) is 9.93. The van der Waals surface area contributed by atoms with Crippen molar-refractivity contribution in [3.8, 4) is 0 Å². The number of aliphatic hydroxyl groups is 1. The van der Waals surface area contributed by atoms with Crippen LogP contribution in [0.2, 0.25) is 0 Å². The molecule has 17 N–H and O–H groups in total. The highest BCUT2D eigenvalue weighted by atomic mass is 33.1. The molecule has 3 rings (SSSR count). The highest BCUT2D eigenvalue weighted by Gasteiger charge is 2.41. The van der Waals surface area contributed by atoms with Gasteiger partial charge in [-0.1, -0.05) is 79.1 Å². The van der Waals surface area contributed by atoms with Crippen LogP contribution >= 0.6 is 21.6 Å². The number of nitrogens with two attached hydrogens (primary N) is 4. The Balaban J connectivity index is 2.04. The SMILES string of the molecule is CC[C@H](N)C(=O)NCC[C@H](NC(=O)[C@@H]1CCCN1C(=O)[C@@H]1CSSC[C@H](O)C(=O)N[C@@H](Cc2ccccc2)C(=O)N[C@@H]([C@@H](C)CC)C(=O)N[C@@H](CCCC(N)=O)C(=O)N[C@@H](CC(N)=O)C(=O)N1)C(=O)NCC(N)=O. The largest absolute Gasteiger partial charge is 0.382 e. The summed E-state index contributed by atoms with van der Waals surface area (Å²) in [6.07, 6.45) is -2.20. The molecule has 2 aliphatic heterocycles. The maximum atomic E-state index is 14.6. The lowest BCUT2D eigenvalue weighted by molar-refractivity contribution is -0.142. The van der Waals surface area contributed by atoms with Crippen LogP contribution in [-0.2, 0) is 64.0 Å². The van der Waals surface area contributed by atoms with Crippen molar-refractivity contribution in [2.75, 3.05) is 31.1 Å². The number of carbonyl (C=O) groups excluding carboxylic acids is 12. The van der Waals surface area contributed by atoms with Gasteiger partial charge in [-0.25, -0.2) is 0 Å². The van der Waals surface area contributed by atoms with Gasteiger partial charge in [-0.3, -0.25) is 57.5 Å². The predicted octanol–water partition coefficient (Wildman–Crippen LogP) is -4.69. The number of carbonyl (C=O) groups is 12. The van der Waals surface area contributed by atoms with Gasteiger partial charge >= 0.3 is 0 Å². The maximum Gasteiger partial charge on any atom is 0.250 e. The molecule has 0 bridgehead atoms. The van der Waals surface area contributed by atoms with E-state index in [0.717, 1.165) is 26.5 Å². The van der Waals surface area contributed by atoms with E-state index in [4.69, 9.17) is 22.9 Å². The summed E-state index contributed by atoms with van der Waals surface area (Å²) in [6, 6.07) is -2.23. The van der Waals surface area contributed by atoms with Crippen molar-refractivity contribution in [2.24, 2.45) is 28.9 Å². The molecule has 10 atom stereocenters. The molecule has 0 radical (unpaired) electrons. The van der Waals surface area contributed by atoms with Crippen molar-refractivity contribution < 1.29 is 62.6 Å². The van der Waals surface area contributed by atoms with Crippen LogP contribution < -0.4 is 65.5 Å². The lowest BCUT2D eigenvalue weighted by atomic mass is 9.96. The molecule has 2 aliphatic rings. The monoisotopic (exact) mass is 1080 g/mol. The molecule has 2 heterocycles. The van der Waals surface area contributed by atoms with Crippen molar-refractivity contribution >= 4 is 92.5 Å². The standard InChI is InChI=1S/C46H71N13O13S2/c1-4-24(3)37-45(71)54-27(13-9-15-34(48)61)40(66)55-30(20-35(49)62)41(67)57-31(22-73-74-23-33(60)44(70)56-29(42(68)58-37)19-25-11-7-6-8-12-25)46(72)59-18-10-14-32(59)43(69)53-28(39(65)52-21-36(50)63)16-17-51-38(64)26(47)5-2/h6-8,11-12,24,26-33,37,60H,4-5,9-10,13-23,47H2,1-3H3,(H2,48,61)(H2,49,62)(H2,50,63)(H,51,64)(H,52,65)(H,53,69)(H,54,71)(H,55,66)(H,56,70)(H,57,67)(H,58,68)/t24-,26-,27-,28-,29-,30-,31-,32-,33-,37-/m0/s1. The minimum atomic E-state index is -1.77. The van der Waals surface area contributed by atoms with E-state index in [1.807, 2.05) is 0 Å². The number of aliphatic hydroxyl groups excluding tert-OH is 1. The number of hydrogen-bond donors (Lipinski definition) is 13. The smallest absolute Gasteiger partial charge is 0.250 e. The minimum absolute atomic E-state index is 0.0208. The van der Waals surface area contributed by atoms with Gasteiger partial charge in [0.05, 0.1) is 19.0 Å². The zero-order valence-corrected chi connectivity index (χ0v) is 43.3. The van der Waals surface area contributed by atoms with Gasteiger partial charge in [0.15, 0.2) is 0 Å². The van der Waals surface area contributed by atoms with Crippen LogP contribution in [0.4, 0.5) is 0 Å². The Labute approximate surface area is 436 Å². The highest BCUT2D eigenvalue weighted by molar-refractivity contribution is 8.76. The number of likely N-dealkylation sites (tertiary alicyclic amines) is 1. The molecular weight excluding hydrogens is 1010 g/mol. The van der Waals surface area contributed by atoms with Crippen LogP contribution in [-0.4, -0.2) is 166 Å². The quantitative estimate of drug-likeness (QED) is 0.0515. The van der Waals surface area contributed by atoms with Crippen molar-refractivity contribution in [3.63, 3.8) is 0 Å². The minimum Gasteiger partial charge on any atom is -0.382 e. The topological polar surface area (TPSA) is 429 Å². The third-order valence-corrected chi connectivity index (χ3v) is 14.6. The van der Waals surface area contributed by atoms with E-state index in [2.05, 4.69) is 42.5 Å². The Hall–Kier alpha value is -6.52. The number of benzene rings is 1. The molecule has 0 spiro atoms. The summed E-state index contributed by atoms with van der Waals surface area (Å²) in [6.45, 7) is 4.39. The second-order valence-electron chi connectivity index (χ2n) is 17.9. The van der Waals surface area contributed by atoms with Gasteiger partial charge in [-0.15, -0.1) is 0 Å². The first-order chi connectivity index (χ1) is 35.1. The van der Waals surface area contributed by atoms with Gasteiger partial charge in [0.1, 0.15) is 48.4 Å². The molecule has 1 aromatic rings. The number of nitrogens with zero attached hydrogens (tertiary/aromatic N) is 1. The van der Waals surface area contributed by atoms with E-state index >= 15 is 0 Å². The van der Waals surface area contributed by atoms with Crippen molar-refractivity contribution in [2.45, 2.75) is 139 Å². The van der Waals surface area contributed by atoms with Crippen molar-refractivity contribution in [3.05, 3.63) is 35.9 Å². The van der Waals surface area contributed by atoms with Crippen molar-refractivity contribution in [1.82, 2.24) is 47.4 Å². The zero-order valence-electron chi connectivity index (χ0n) is 41.7. The summed E-state index contributed by atoms with van der Waals surface area (Å²) in [5.74, 6) is -11.5. The normalized spacial score (nSPS) is 23.7. The molecule has 0 aliphatic carbocycles. The second kappa shape index (κ2) is 31.3. The fraction of sp³-hybridized carbons (Fsp3) is 0.609. The summed E-state index contributed by atoms with van der Waals surface area (Å²) in [4.78, 5) is 161. The average Bonchev–Trinajstić information content (AvgIpc) is 3.86. The Kier molecular flexibility index (Phi) is 26.1. The Morgan fingerprint density at radius 3 is 2.03 bits per heavy atom. The second-order valence-corrected chi connectivity index (χ2v) is 20.5. The Bertz CT molecular complexity index is 2180. The number of primary amides is 3. The molecule has 1 aromatic carbocycles. The molecule has 26 nitrogen and oxygen atoms in total. The van der Waals surface area contributed by atoms with Crippen LogP contribution in [0.1, 0.15) is 84.1 Å². The van der Waals surface area contributed by atoms with E-state index in [-0.39, 0.29) is 69.5 Å². The van der Waals surface area contributed by atoms with E-state index in [1.165, 1.54) is 0 Å². The molecular formula is C46H71N13O13S2. The van der Waals surface area contributed by atoms with Crippen LogP contribution in [0.3, 0.4) is 0 Å². The zero-order chi connectivity index (χ0) is 55.1. The summed E-state index contributed by atoms with van der Waals surface area (Å²) in [5.41, 5.74) is 22.5. The molecule has 0 unspecified atom stereocenters. The first kappa shape index (κ1) is 61.8. The third-order valence-electron chi connectivity index (χ3n) is 12.2. The fourth-order valence-electron chi connectivity index (χ4n) is 7.72. The molecule has 2 fully saturated rings. The van der Waals surface area contributed by atoms with E-state index < -0.39 is 144 Å². The van der Waals surface area contributed by atoms with Gasteiger partial charge in [-0.2, -0.15) is 0 Å². The number of amides is 12. The van der Waals surface area contributed by atoms with Gasteiger partial charge in [0, 0.05) is 37.4 Å². The van der Waals surface area contributed by atoms with Crippen LogP contribution in [0.15, 0.2) is 30.3 Å². The molecule has 2 saturated heterocycles. The number of hydrogen-bond acceptors (Lipinski definition) is 16. The summed E-state index contributed by atoms with van der Waals surface area (Å²) in [5, 5.41) is 31.3. The molecule has 74 heavy (non-hydrogen) atoms. The Morgan fingerprint density at radius 1 is 0.757 bits per heavy atom. The first-order valence-electron chi connectivity index (χ1n) is 24.3. The first-order valence-corrected chi connectivity index (χ1v) is 26.8. The van der Waals surface area contributed by atoms with Crippen LogP contribution in [0.5, 0.6) is 0 Å². The van der Waals surface area contributed by atoms with Crippen LogP contribution in [0, 0.1) is 5.92 Å². The molecule has 12 amide bonds. The molecule has 0 saturated carbocycles. The van der Waals surface area contributed by atoms with Gasteiger partial charge in [0.2, 0.25) is 70.9 Å². The summed E-state index contributed by atoms with van der Waals surface area (Å²) in [7, 11) is 1.84.